The average Bonchev–Trinajstić information content (AvgIpc) is 3.17. The van der Waals surface area contributed by atoms with E-state index < -0.39 is 5.72 Å². The van der Waals surface area contributed by atoms with Crippen LogP contribution in [0.3, 0.4) is 0 Å². The first-order valence-corrected chi connectivity index (χ1v) is 10.5. The highest BCUT2D eigenvalue weighted by Crippen LogP contribution is 2.49. The van der Waals surface area contributed by atoms with Crippen LogP contribution < -0.4 is 5.56 Å². The molecule has 2 aliphatic rings. The minimum absolute atomic E-state index is 0.142. The molecule has 0 N–H and O–H groups in total. The predicted molar refractivity (Wildman–Crippen MR) is 112 cm³/mol. The number of rotatable bonds is 3. The number of fused-ring (bicyclic) bond motifs is 3. The third-order valence-electron chi connectivity index (χ3n) is 6.79. The molecule has 1 atom stereocenters. The van der Waals surface area contributed by atoms with Crippen LogP contribution in [-0.4, -0.2) is 35.6 Å². The van der Waals surface area contributed by atoms with E-state index in [1.165, 1.54) is 4.68 Å². The van der Waals surface area contributed by atoms with Gasteiger partial charge in [0.25, 0.3) is 5.56 Å². The van der Waals surface area contributed by atoms with Crippen LogP contribution in [0.5, 0.6) is 0 Å². The molecule has 3 aromatic heterocycles. The molecule has 0 radical (unpaired) electrons. The highest BCUT2D eigenvalue weighted by molar-refractivity contribution is 5.85. The summed E-state index contributed by atoms with van der Waals surface area (Å²) >= 11 is 0. The van der Waals surface area contributed by atoms with Gasteiger partial charge in [-0.15, -0.1) is 9.78 Å². The van der Waals surface area contributed by atoms with Crippen molar-refractivity contribution in [3.8, 4) is 17.6 Å². The standard InChI is InChI=1S/C22H21N7O2/c1-21(9-10-21)19-17(28(12-23)26-25-19)16-18-20(30)29(22(2)8-5-11-31-22)15-7-4-3-6-14(15)27(18)13-24-16/h3-4,6-7,13H,5,8-11H2,1-2H3. The number of hydrogen-bond acceptors (Lipinski definition) is 6. The van der Waals surface area contributed by atoms with E-state index in [-0.39, 0.29) is 11.0 Å². The molecule has 1 unspecified atom stereocenters. The number of nitriles is 1. The third kappa shape index (κ3) is 2.39. The number of ether oxygens (including phenoxy) is 1. The summed E-state index contributed by atoms with van der Waals surface area (Å²) < 4.78 is 10.8. The quantitative estimate of drug-likeness (QED) is 0.510. The van der Waals surface area contributed by atoms with Crippen LogP contribution >= 0.6 is 0 Å². The van der Waals surface area contributed by atoms with Gasteiger partial charge in [0.1, 0.15) is 29.0 Å². The van der Waals surface area contributed by atoms with Gasteiger partial charge in [-0.25, -0.2) is 4.98 Å². The maximum Gasteiger partial charge on any atom is 0.280 e. The third-order valence-corrected chi connectivity index (χ3v) is 6.79. The summed E-state index contributed by atoms with van der Waals surface area (Å²) in [5, 5.41) is 18.0. The maximum atomic E-state index is 14.0. The van der Waals surface area contributed by atoms with E-state index in [0.717, 1.165) is 42.4 Å². The molecule has 1 saturated carbocycles. The largest absolute Gasteiger partial charge is 0.355 e. The Morgan fingerprint density at radius 1 is 1.16 bits per heavy atom. The Bertz CT molecular complexity index is 1460. The number of aromatic nitrogens is 6. The van der Waals surface area contributed by atoms with Crippen molar-refractivity contribution in [1.82, 2.24) is 28.9 Å². The lowest BCUT2D eigenvalue weighted by atomic mass is 10.0. The summed E-state index contributed by atoms with van der Waals surface area (Å²) in [5.41, 5.74) is 2.61. The molecule has 0 spiro atoms. The summed E-state index contributed by atoms with van der Waals surface area (Å²) in [7, 11) is 0. The first-order chi connectivity index (χ1) is 15.0. The minimum atomic E-state index is -0.737. The Labute approximate surface area is 177 Å². The van der Waals surface area contributed by atoms with Gasteiger partial charge in [-0.05, 0) is 44.7 Å². The van der Waals surface area contributed by atoms with Crippen LogP contribution in [0.4, 0.5) is 0 Å². The smallest absolute Gasteiger partial charge is 0.280 e. The number of benzene rings is 1. The highest BCUT2D eigenvalue weighted by Gasteiger charge is 2.45. The van der Waals surface area contributed by atoms with Gasteiger partial charge in [-0.2, -0.15) is 5.26 Å². The molecule has 0 bridgehead atoms. The van der Waals surface area contributed by atoms with Crippen LogP contribution in [0, 0.1) is 11.5 Å². The van der Waals surface area contributed by atoms with E-state index in [1.807, 2.05) is 31.2 Å². The molecule has 4 aromatic rings. The van der Waals surface area contributed by atoms with Gasteiger partial charge in [-0.1, -0.05) is 24.3 Å². The molecular formula is C22H21N7O2. The second kappa shape index (κ2) is 6.02. The monoisotopic (exact) mass is 415 g/mol. The molecule has 1 aliphatic carbocycles. The Morgan fingerprint density at radius 3 is 2.61 bits per heavy atom. The molecule has 6 rings (SSSR count). The van der Waals surface area contributed by atoms with E-state index in [9.17, 15) is 10.1 Å². The van der Waals surface area contributed by atoms with Gasteiger partial charge < -0.3 is 4.74 Å². The molecule has 1 saturated heterocycles. The zero-order chi connectivity index (χ0) is 21.4. The molecule has 31 heavy (non-hydrogen) atoms. The van der Waals surface area contributed by atoms with Crippen molar-refractivity contribution in [2.75, 3.05) is 6.61 Å². The van der Waals surface area contributed by atoms with Gasteiger partial charge >= 0.3 is 0 Å². The molecule has 1 aromatic carbocycles. The Kier molecular flexibility index (Phi) is 3.55. The highest BCUT2D eigenvalue weighted by atomic mass is 16.5. The fraction of sp³-hybridized carbons (Fsp3) is 0.409. The second-order valence-corrected chi connectivity index (χ2v) is 8.93. The van der Waals surface area contributed by atoms with Crippen LogP contribution in [0.15, 0.2) is 35.4 Å². The fourth-order valence-corrected chi connectivity index (χ4v) is 4.79. The van der Waals surface area contributed by atoms with Gasteiger partial charge in [0.15, 0.2) is 0 Å². The fourth-order valence-electron chi connectivity index (χ4n) is 4.79. The SMILES string of the molecule is CC1(c2nnn(C#N)c2-c2ncn3c2c(=O)n(C2(C)CCCO2)c2ccccc23)CC1. The molecule has 1 aliphatic heterocycles. The van der Waals surface area contributed by atoms with Crippen LogP contribution in [0.1, 0.15) is 45.2 Å². The molecule has 9 nitrogen and oxygen atoms in total. The van der Waals surface area contributed by atoms with E-state index >= 15 is 0 Å². The second-order valence-electron chi connectivity index (χ2n) is 8.93. The Morgan fingerprint density at radius 2 is 1.94 bits per heavy atom. The van der Waals surface area contributed by atoms with Crippen molar-refractivity contribution in [2.45, 2.75) is 50.7 Å². The zero-order valence-corrected chi connectivity index (χ0v) is 17.4. The molecular weight excluding hydrogens is 394 g/mol. The Hall–Kier alpha value is -3.51. The Balaban J connectivity index is 1.75. The van der Waals surface area contributed by atoms with Crippen molar-refractivity contribution >= 4 is 16.6 Å². The number of nitrogens with zero attached hydrogens (tertiary/aromatic N) is 7. The van der Waals surface area contributed by atoms with Gasteiger partial charge in [0.05, 0.1) is 16.7 Å². The first kappa shape index (κ1) is 18.3. The molecule has 0 amide bonds. The van der Waals surface area contributed by atoms with E-state index in [4.69, 9.17) is 4.74 Å². The number of hydrogen-bond donors (Lipinski definition) is 0. The van der Waals surface area contributed by atoms with Crippen molar-refractivity contribution in [2.24, 2.45) is 0 Å². The molecule has 2 fully saturated rings. The van der Waals surface area contributed by atoms with E-state index in [2.05, 4.69) is 28.4 Å². The minimum Gasteiger partial charge on any atom is -0.355 e. The van der Waals surface area contributed by atoms with Crippen LogP contribution in [-0.2, 0) is 15.9 Å². The van der Waals surface area contributed by atoms with Crippen molar-refractivity contribution in [3.05, 3.63) is 46.6 Å². The lowest BCUT2D eigenvalue weighted by Gasteiger charge is -2.28. The predicted octanol–water partition coefficient (Wildman–Crippen LogP) is 2.77. The first-order valence-electron chi connectivity index (χ1n) is 10.5. The van der Waals surface area contributed by atoms with Crippen molar-refractivity contribution in [1.29, 1.82) is 5.26 Å². The van der Waals surface area contributed by atoms with Crippen molar-refractivity contribution in [3.63, 3.8) is 0 Å². The lowest BCUT2D eigenvalue weighted by Crippen LogP contribution is -2.39. The molecule has 9 heteroatoms. The summed E-state index contributed by atoms with van der Waals surface area (Å²) in [6.45, 7) is 4.67. The molecule has 4 heterocycles. The van der Waals surface area contributed by atoms with Crippen LogP contribution in [0.2, 0.25) is 0 Å². The summed E-state index contributed by atoms with van der Waals surface area (Å²) in [4.78, 5) is 18.6. The normalized spacial score (nSPS) is 22.2. The summed E-state index contributed by atoms with van der Waals surface area (Å²) in [6, 6.07) is 7.75. The number of para-hydroxylation sites is 2. The summed E-state index contributed by atoms with van der Waals surface area (Å²) in [6.07, 6.45) is 7.28. The van der Waals surface area contributed by atoms with Gasteiger partial charge in [0.2, 0.25) is 6.19 Å². The molecule has 156 valence electrons. The zero-order valence-electron chi connectivity index (χ0n) is 17.4. The topological polar surface area (TPSA) is 103 Å². The maximum absolute atomic E-state index is 14.0. The van der Waals surface area contributed by atoms with E-state index in [0.29, 0.717) is 23.5 Å². The van der Waals surface area contributed by atoms with Gasteiger partial charge in [-0.3, -0.25) is 13.8 Å². The van der Waals surface area contributed by atoms with Crippen molar-refractivity contribution < 1.29 is 4.74 Å². The lowest BCUT2D eigenvalue weighted by molar-refractivity contribution is -0.0447. The van der Waals surface area contributed by atoms with Crippen LogP contribution in [0.25, 0.3) is 27.9 Å². The average molecular weight is 415 g/mol. The number of imidazole rings is 1. The van der Waals surface area contributed by atoms with Gasteiger partial charge in [0, 0.05) is 12.0 Å². The summed E-state index contributed by atoms with van der Waals surface area (Å²) in [5.74, 6) is 0. The van der Waals surface area contributed by atoms with E-state index in [1.54, 1.807) is 15.3 Å².